The average molecular weight is 123 g/mol. The fourth-order valence-electron chi connectivity index (χ4n) is 0.655. The summed E-state index contributed by atoms with van der Waals surface area (Å²) in [6.45, 7) is 1.52. The molecule has 0 saturated carbocycles. The first kappa shape index (κ1) is 6.27. The lowest BCUT2D eigenvalue weighted by molar-refractivity contribution is 0.374. The average Bonchev–Trinajstić information content (AvgIpc) is 1.90. The van der Waals surface area contributed by atoms with Crippen molar-refractivity contribution in [2.75, 3.05) is 0 Å². The van der Waals surface area contributed by atoms with Crippen molar-refractivity contribution in [3.63, 3.8) is 0 Å². The third kappa shape index (κ3) is 1.53. The molecule has 47 valence electrons. The minimum atomic E-state index is -0.873. The van der Waals surface area contributed by atoms with E-state index in [2.05, 4.69) is 6.07 Å². The molecule has 0 spiro atoms. The van der Waals surface area contributed by atoms with Gasteiger partial charge in [-0.25, -0.2) is 4.39 Å². The lowest BCUT2D eigenvalue weighted by Crippen LogP contribution is -1.81. The first-order valence-electron chi connectivity index (χ1n) is 2.91. The van der Waals surface area contributed by atoms with Crippen LogP contribution in [0.3, 0.4) is 0 Å². The summed E-state index contributed by atoms with van der Waals surface area (Å²) < 4.78 is 12.4. The Morgan fingerprint density at radius 2 is 2.44 bits per heavy atom. The Kier molecular flexibility index (Phi) is 1.83. The van der Waals surface area contributed by atoms with Gasteiger partial charge in [0.1, 0.15) is 6.17 Å². The van der Waals surface area contributed by atoms with Crippen LogP contribution in [0.25, 0.3) is 0 Å². The zero-order valence-electron chi connectivity index (χ0n) is 5.26. The van der Waals surface area contributed by atoms with Crippen LogP contribution in [0.2, 0.25) is 0 Å². The van der Waals surface area contributed by atoms with E-state index in [4.69, 9.17) is 0 Å². The summed E-state index contributed by atoms with van der Waals surface area (Å²) >= 11 is 0. The number of rotatable bonds is 1. The Morgan fingerprint density at radius 1 is 1.67 bits per heavy atom. The number of alkyl halides is 1. The molecule has 0 amide bonds. The van der Waals surface area contributed by atoms with E-state index in [-0.39, 0.29) is 0 Å². The van der Waals surface area contributed by atoms with Crippen LogP contribution in [0.4, 0.5) is 4.39 Å². The topological polar surface area (TPSA) is 0 Å². The highest BCUT2D eigenvalue weighted by atomic mass is 19.1. The summed E-state index contributed by atoms with van der Waals surface area (Å²) in [7, 11) is 0. The third-order valence-corrected chi connectivity index (χ3v) is 1.19. The van der Waals surface area contributed by atoms with Crippen LogP contribution in [0.5, 0.6) is 0 Å². The lowest BCUT2D eigenvalue weighted by atomic mass is 10.1. The fourth-order valence-corrected chi connectivity index (χ4v) is 0.655. The molecule has 0 aliphatic rings. The Bertz CT molecular complexity index is 167. The number of halogens is 1. The largest absolute Gasteiger partial charge is 0.243 e. The highest BCUT2D eigenvalue weighted by molar-refractivity contribution is 5.15. The zero-order chi connectivity index (χ0) is 6.69. The van der Waals surface area contributed by atoms with Gasteiger partial charge in [0.25, 0.3) is 0 Å². The third-order valence-electron chi connectivity index (χ3n) is 1.19. The molecule has 1 aromatic rings. The van der Waals surface area contributed by atoms with E-state index in [9.17, 15) is 4.39 Å². The van der Waals surface area contributed by atoms with Crippen molar-refractivity contribution in [3.05, 3.63) is 35.9 Å². The van der Waals surface area contributed by atoms with E-state index >= 15 is 0 Å². The molecule has 1 atom stereocenters. The fraction of sp³-hybridized carbons (Fsp3) is 0.250. The number of benzene rings is 1. The van der Waals surface area contributed by atoms with Crippen LogP contribution in [0.15, 0.2) is 24.3 Å². The molecule has 0 heterocycles. The van der Waals surface area contributed by atoms with Crippen LogP contribution in [0, 0.1) is 6.07 Å². The maximum Gasteiger partial charge on any atom is 0.122 e. The molecule has 1 heteroatoms. The number of hydrogen-bond donors (Lipinski definition) is 0. The van der Waals surface area contributed by atoms with Gasteiger partial charge in [-0.3, -0.25) is 0 Å². The second-order valence-electron chi connectivity index (χ2n) is 1.95. The maximum atomic E-state index is 12.4. The predicted molar refractivity (Wildman–Crippen MR) is 34.8 cm³/mol. The van der Waals surface area contributed by atoms with Crippen LogP contribution in [-0.2, 0) is 0 Å². The Hall–Kier alpha value is -0.850. The Morgan fingerprint density at radius 3 is 2.78 bits per heavy atom. The molecule has 1 aromatic carbocycles. The highest BCUT2D eigenvalue weighted by Gasteiger charge is 1.98. The van der Waals surface area contributed by atoms with Crippen LogP contribution in [0.1, 0.15) is 18.7 Å². The molecular weight excluding hydrogens is 115 g/mol. The smallest absolute Gasteiger partial charge is 0.122 e. The SMILES string of the molecule is CC(F)c1c[c]ccc1. The van der Waals surface area contributed by atoms with Gasteiger partial charge < -0.3 is 0 Å². The standard InChI is InChI=1S/C8H8F/c1-7(9)8-5-3-2-4-6-8/h2-3,5-7H,1H3. The minimum absolute atomic E-state index is 0.692. The first-order chi connectivity index (χ1) is 4.30. The van der Waals surface area contributed by atoms with E-state index in [1.807, 2.05) is 0 Å². The molecule has 1 rings (SSSR count). The summed E-state index contributed by atoms with van der Waals surface area (Å²) in [6, 6.07) is 9.75. The molecular formula is C8H8F. The van der Waals surface area contributed by atoms with Crippen molar-refractivity contribution in [1.29, 1.82) is 0 Å². The van der Waals surface area contributed by atoms with Gasteiger partial charge in [-0.05, 0) is 24.6 Å². The molecule has 9 heavy (non-hydrogen) atoms. The van der Waals surface area contributed by atoms with Crippen LogP contribution < -0.4 is 0 Å². The first-order valence-corrected chi connectivity index (χ1v) is 2.91. The Balaban J connectivity index is 2.85. The predicted octanol–water partition coefficient (Wildman–Crippen LogP) is 2.52. The molecule has 0 N–H and O–H groups in total. The second kappa shape index (κ2) is 2.62. The van der Waals surface area contributed by atoms with E-state index in [1.54, 1.807) is 24.3 Å². The van der Waals surface area contributed by atoms with E-state index in [1.165, 1.54) is 6.92 Å². The van der Waals surface area contributed by atoms with Crippen molar-refractivity contribution < 1.29 is 4.39 Å². The normalized spacial score (nSPS) is 13.1. The van der Waals surface area contributed by atoms with Crippen molar-refractivity contribution >= 4 is 0 Å². The van der Waals surface area contributed by atoms with Crippen molar-refractivity contribution in [2.24, 2.45) is 0 Å². The summed E-state index contributed by atoms with van der Waals surface area (Å²) in [5.41, 5.74) is 0.692. The summed E-state index contributed by atoms with van der Waals surface area (Å²) in [6.07, 6.45) is -0.873. The maximum absolute atomic E-state index is 12.4. The van der Waals surface area contributed by atoms with Gasteiger partial charge in [0, 0.05) is 0 Å². The Labute approximate surface area is 54.3 Å². The second-order valence-corrected chi connectivity index (χ2v) is 1.95. The van der Waals surface area contributed by atoms with Gasteiger partial charge in [-0.2, -0.15) is 0 Å². The van der Waals surface area contributed by atoms with Gasteiger partial charge >= 0.3 is 0 Å². The lowest BCUT2D eigenvalue weighted by Gasteiger charge is -1.97. The van der Waals surface area contributed by atoms with Gasteiger partial charge in [0.05, 0.1) is 0 Å². The van der Waals surface area contributed by atoms with E-state index < -0.39 is 6.17 Å². The monoisotopic (exact) mass is 123 g/mol. The molecule has 0 aliphatic carbocycles. The minimum Gasteiger partial charge on any atom is -0.243 e. The number of hydrogen-bond acceptors (Lipinski definition) is 0. The molecule has 0 fully saturated rings. The van der Waals surface area contributed by atoms with Gasteiger partial charge in [-0.15, -0.1) is 0 Å². The summed E-state index contributed by atoms with van der Waals surface area (Å²) in [4.78, 5) is 0. The van der Waals surface area contributed by atoms with Gasteiger partial charge in [-0.1, -0.05) is 18.2 Å². The van der Waals surface area contributed by atoms with Gasteiger partial charge in [0.2, 0.25) is 0 Å². The van der Waals surface area contributed by atoms with Crippen molar-refractivity contribution in [1.82, 2.24) is 0 Å². The van der Waals surface area contributed by atoms with E-state index in [0.717, 1.165) is 0 Å². The molecule has 0 aromatic heterocycles. The molecule has 1 unspecified atom stereocenters. The molecule has 0 saturated heterocycles. The van der Waals surface area contributed by atoms with Crippen molar-refractivity contribution in [3.8, 4) is 0 Å². The molecule has 0 nitrogen and oxygen atoms in total. The molecule has 1 radical (unpaired) electrons. The quantitative estimate of drug-likeness (QED) is 0.538. The zero-order valence-corrected chi connectivity index (χ0v) is 5.26. The van der Waals surface area contributed by atoms with Crippen molar-refractivity contribution in [2.45, 2.75) is 13.1 Å². The van der Waals surface area contributed by atoms with Crippen LogP contribution in [-0.4, -0.2) is 0 Å². The van der Waals surface area contributed by atoms with Crippen LogP contribution >= 0.6 is 0 Å². The van der Waals surface area contributed by atoms with E-state index in [0.29, 0.717) is 5.56 Å². The molecule has 0 aliphatic heterocycles. The summed E-state index contributed by atoms with van der Waals surface area (Å²) in [5.74, 6) is 0. The summed E-state index contributed by atoms with van der Waals surface area (Å²) in [5, 5.41) is 0. The highest BCUT2D eigenvalue weighted by Crippen LogP contribution is 2.13. The molecule has 0 bridgehead atoms. The van der Waals surface area contributed by atoms with Gasteiger partial charge in [0.15, 0.2) is 0 Å².